The van der Waals surface area contributed by atoms with Crippen LogP contribution in [-0.4, -0.2) is 50.3 Å². The molecule has 1 aromatic rings. The van der Waals surface area contributed by atoms with Gasteiger partial charge in [-0.3, -0.25) is 0 Å². The van der Waals surface area contributed by atoms with Crippen LogP contribution in [0.1, 0.15) is 13.3 Å². The zero-order chi connectivity index (χ0) is 14.0. The van der Waals surface area contributed by atoms with Crippen molar-refractivity contribution in [2.45, 2.75) is 24.3 Å². The molecule has 0 bridgehead atoms. The fourth-order valence-electron chi connectivity index (χ4n) is 2.45. The molecule has 1 unspecified atom stereocenters. The highest BCUT2D eigenvalue weighted by Gasteiger charge is 2.30. The van der Waals surface area contributed by atoms with Crippen LogP contribution in [0.5, 0.6) is 0 Å². The fourth-order valence-corrected chi connectivity index (χ4v) is 4.37. The average Bonchev–Trinajstić information content (AvgIpc) is 2.50. The van der Waals surface area contributed by atoms with E-state index in [-0.39, 0.29) is 6.04 Å². The van der Waals surface area contributed by atoms with Crippen LogP contribution < -0.4 is 0 Å². The standard InChI is InChI=1S/C13H19BrN2O2S/c1-11-10-15(2)8-3-9-16(11)19(17,18)13-6-4-12(14)5-7-13/h4-7,11H,3,8-10H2,1-2H3. The third-order valence-electron chi connectivity index (χ3n) is 3.41. The molecule has 1 heterocycles. The van der Waals surface area contributed by atoms with Gasteiger partial charge >= 0.3 is 0 Å². The molecule has 0 radical (unpaired) electrons. The quantitative estimate of drug-likeness (QED) is 0.823. The molecule has 4 nitrogen and oxygen atoms in total. The Hall–Kier alpha value is -0.430. The summed E-state index contributed by atoms with van der Waals surface area (Å²) in [6.07, 6.45) is 0.872. The van der Waals surface area contributed by atoms with Gasteiger partial charge in [0.15, 0.2) is 0 Å². The highest BCUT2D eigenvalue weighted by Crippen LogP contribution is 2.22. The molecule has 0 aliphatic carbocycles. The van der Waals surface area contributed by atoms with Gasteiger partial charge in [0.25, 0.3) is 0 Å². The monoisotopic (exact) mass is 346 g/mol. The number of halogens is 1. The molecule has 0 amide bonds. The van der Waals surface area contributed by atoms with E-state index < -0.39 is 10.0 Å². The van der Waals surface area contributed by atoms with Crippen molar-refractivity contribution in [3.8, 4) is 0 Å². The third-order valence-corrected chi connectivity index (χ3v) is 5.96. The Labute approximate surface area is 123 Å². The minimum Gasteiger partial charge on any atom is -0.305 e. The maximum atomic E-state index is 12.7. The van der Waals surface area contributed by atoms with Crippen LogP contribution in [0.2, 0.25) is 0 Å². The molecule has 1 atom stereocenters. The maximum Gasteiger partial charge on any atom is 0.243 e. The molecule has 1 fully saturated rings. The highest BCUT2D eigenvalue weighted by atomic mass is 79.9. The highest BCUT2D eigenvalue weighted by molar-refractivity contribution is 9.10. The predicted octanol–water partition coefficient (Wildman–Crippen LogP) is 2.16. The van der Waals surface area contributed by atoms with Gasteiger partial charge in [0.2, 0.25) is 10.0 Å². The number of likely N-dealkylation sites (N-methyl/N-ethyl adjacent to an activating group) is 1. The lowest BCUT2D eigenvalue weighted by atomic mass is 10.3. The number of benzene rings is 1. The van der Waals surface area contributed by atoms with Crippen molar-refractivity contribution in [2.75, 3.05) is 26.7 Å². The number of sulfonamides is 1. The first-order valence-electron chi connectivity index (χ1n) is 6.37. The molecule has 6 heteroatoms. The second-order valence-electron chi connectivity index (χ2n) is 5.03. The lowest BCUT2D eigenvalue weighted by molar-refractivity contribution is 0.290. The van der Waals surface area contributed by atoms with E-state index in [0.29, 0.717) is 11.4 Å². The van der Waals surface area contributed by atoms with E-state index in [4.69, 9.17) is 0 Å². The molecular weight excluding hydrogens is 328 g/mol. The summed E-state index contributed by atoms with van der Waals surface area (Å²) in [5, 5.41) is 0. The van der Waals surface area contributed by atoms with E-state index in [9.17, 15) is 8.42 Å². The van der Waals surface area contributed by atoms with Crippen molar-refractivity contribution >= 4 is 26.0 Å². The predicted molar refractivity (Wildman–Crippen MR) is 79.6 cm³/mol. The van der Waals surface area contributed by atoms with Gasteiger partial charge in [0.05, 0.1) is 4.90 Å². The largest absolute Gasteiger partial charge is 0.305 e. The summed E-state index contributed by atoms with van der Waals surface area (Å²) in [4.78, 5) is 2.55. The van der Waals surface area contributed by atoms with Gasteiger partial charge in [-0.25, -0.2) is 8.42 Å². The maximum absolute atomic E-state index is 12.7. The van der Waals surface area contributed by atoms with Crippen molar-refractivity contribution in [1.82, 2.24) is 9.21 Å². The van der Waals surface area contributed by atoms with Crippen molar-refractivity contribution in [2.24, 2.45) is 0 Å². The first kappa shape index (κ1) is 15.0. The molecule has 0 saturated carbocycles. The van der Waals surface area contributed by atoms with Crippen LogP contribution in [-0.2, 0) is 10.0 Å². The van der Waals surface area contributed by atoms with E-state index in [2.05, 4.69) is 20.8 Å². The Morgan fingerprint density at radius 3 is 2.47 bits per heavy atom. The van der Waals surface area contributed by atoms with E-state index in [1.807, 2.05) is 14.0 Å². The van der Waals surface area contributed by atoms with E-state index >= 15 is 0 Å². The van der Waals surface area contributed by atoms with Gasteiger partial charge in [0.1, 0.15) is 0 Å². The summed E-state index contributed by atoms with van der Waals surface area (Å²) in [6.45, 7) is 4.27. The SMILES string of the molecule is CC1CN(C)CCCN1S(=O)(=O)c1ccc(Br)cc1. The Morgan fingerprint density at radius 2 is 1.84 bits per heavy atom. The number of hydrogen-bond acceptors (Lipinski definition) is 3. The van der Waals surface area contributed by atoms with E-state index in [1.54, 1.807) is 28.6 Å². The molecule has 1 aromatic carbocycles. The molecular formula is C13H19BrN2O2S. The van der Waals surface area contributed by atoms with Gasteiger partial charge in [-0.05, 0) is 51.2 Å². The molecule has 0 aromatic heterocycles. The van der Waals surface area contributed by atoms with Gasteiger partial charge in [-0.2, -0.15) is 4.31 Å². The summed E-state index contributed by atoms with van der Waals surface area (Å²) in [5.41, 5.74) is 0. The zero-order valence-electron chi connectivity index (χ0n) is 11.2. The Morgan fingerprint density at radius 1 is 1.21 bits per heavy atom. The van der Waals surface area contributed by atoms with Gasteiger partial charge < -0.3 is 4.90 Å². The van der Waals surface area contributed by atoms with Crippen LogP contribution >= 0.6 is 15.9 Å². The molecule has 1 aliphatic heterocycles. The van der Waals surface area contributed by atoms with Crippen LogP contribution in [0, 0.1) is 0 Å². The smallest absolute Gasteiger partial charge is 0.243 e. The van der Waals surface area contributed by atoms with Crippen molar-refractivity contribution in [1.29, 1.82) is 0 Å². The Bertz CT molecular complexity index is 530. The molecule has 19 heavy (non-hydrogen) atoms. The summed E-state index contributed by atoms with van der Waals surface area (Å²) in [7, 11) is -1.35. The molecule has 0 N–H and O–H groups in total. The van der Waals surface area contributed by atoms with Crippen LogP contribution in [0.4, 0.5) is 0 Å². The summed E-state index contributed by atoms with van der Waals surface area (Å²) in [6, 6.07) is 6.84. The lowest BCUT2D eigenvalue weighted by Crippen LogP contribution is -2.41. The summed E-state index contributed by atoms with van der Waals surface area (Å²) in [5.74, 6) is 0. The van der Waals surface area contributed by atoms with Gasteiger partial charge in [-0.1, -0.05) is 15.9 Å². The minimum atomic E-state index is -3.39. The van der Waals surface area contributed by atoms with Crippen molar-refractivity contribution < 1.29 is 8.42 Å². The third kappa shape index (κ3) is 3.37. The number of rotatable bonds is 2. The second kappa shape index (κ2) is 5.91. The van der Waals surface area contributed by atoms with E-state index in [1.165, 1.54) is 0 Å². The first-order valence-corrected chi connectivity index (χ1v) is 8.60. The first-order chi connectivity index (χ1) is 8.91. The van der Waals surface area contributed by atoms with Gasteiger partial charge in [-0.15, -0.1) is 0 Å². The normalized spacial score (nSPS) is 23.2. The molecule has 1 saturated heterocycles. The lowest BCUT2D eigenvalue weighted by Gasteiger charge is -2.27. The van der Waals surface area contributed by atoms with Crippen LogP contribution in [0.25, 0.3) is 0 Å². The molecule has 106 valence electrons. The topological polar surface area (TPSA) is 40.6 Å². The number of hydrogen-bond donors (Lipinski definition) is 0. The second-order valence-corrected chi connectivity index (χ2v) is 7.84. The summed E-state index contributed by atoms with van der Waals surface area (Å²) >= 11 is 3.33. The van der Waals surface area contributed by atoms with Crippen molar-refractivity contribution in [3.05, 3.63) is 28.7 Å². The Balaban J connectivity index is 2.30. The minimum absolute atomic E-state index is 0.00106. The average molecular weight is 347 g/mol. The molecule has 0 spiro atoms. The fraction of sp³-hybridized carbons (Fsp3) is 0.538. The van der Waals surface area contributed by atoms with E-state index in [0.717, 1.165) is 24.0 Å². The summed E-state index contributed by atoms with van der Waals surface area (Å²) < 4.78 is 27.8. The van der Waals surface area contributed by atoms with Crippen molar-refractivity contribution in [3.63, 3.8) is 0 Å². The zero-order valence-corrected chi connectivity index (χ0v) is 13.6. The Kier molecular flexibility index (Phi) is 4.66. The molecule has 1 aliphatic rings. The number of nitrogens with zero attached hydrogens (tertiary/aromatic N) is 2. The van der Waals surface area contributed by atoms with Crippen LogP contribution in [0.15, 0.2) is 33.6 Å². The van der Waals surface area contributed by atoms with Gasteiger partial charge in [0, 0.05) is 23.6 Å². The van der Waals surface area contributed by atoms with Crippen LogP contribution in [0.3, 0.4) is 0 Å². The molecule has 2 rings (SSSR count).